The Morgan fingerprint density at radius 1 is 0.167 bits per heavy atom. The van der Waals surface area contributed by atoms with E-state index < -0.39 is 0 Å². The molecule has 0 amide bonds. The van der Waals surface area contributed by atoms with E-state index in [0.717, 1.165) is 0 Å². The topological polar surface area (TPSA) is 0 Å². The van der Waals surface area contributed by atoms with Crippen LogP contribution in [0.1, 0.15) is 0 Å². The van der Waals surface area contributed by atoms with Crippen molar-refractivity contribution < 1.29 is 117 Å². The summed E-state index contributed by atoms with van der Waals surface area (Å²) in [6, 6.07) is 0. The first-order valence-electron chi connectivity index (χ1n) is 0. The minimum atomic E-state index is 0. The molecule has 0 aliphatic rings. The molecule has 6 heteroatoms. The molecule has 0 aromatic heterocycles. The van der Waals surface area contributed by atoms with E-state index in [0.29, 0.717) is 0 Å². The SMILES string of the molecule is [Zn].[Zn].[Zn].[Zn].[Zn].[Zn]. The molecule has 0 saturated heterocycles. The van der Waals surface area contributed by atoms with Gasteiger partial charge in [-0.1, -0.05) is 0 Å². The predicted molar refractivity (Wildman–Crippen MR) is 0 cm³/mol. The van der Waals surface area contributed by atoms with Crippen molar-refractivity contribution >= 4 is 0 Å². The zero-order chi connectivity index (χ0) is 0. The van der Waals surface area contributed by atoms with Gasteiger partial charge in [0.1, 0.15) is 0 Å². The molecule has 0 heterocycles. The van der Waals surface area contributed by atoms with Crippen LogP contribution in [0.25, 0.3) is 0 Å². The van der Waals surface area contributed by atoms with Gasteiger partial charge in [0, 0.05) is 117 Å². The Labute approximate surface area is 115 Å². The van der Waals surface area contributed by atoms with E-state index in [4.69, 9.17) is 0 Å². The summed E-state index contributed by atoms with van der Waals surface area (Å²) in [4.78, 5) is 0. The fourth-order valence-corrected chi connectivity index (χ4v) is 0. The molecule has 0 unspecified atom stereocenters. The Kier molecular flexibility index (Phi) is 332. The van der Waals surface area contributed by atoms with Crippen LogP contribution in [-0.2, 0) is 117 Å². The number of rotatable bonds is 0. The van der Waals surface area contributed by atoms with Crippen LogP contribution in [0.15, 0.2) is 0 Å². The van der Waals surface area contributed by atoms with Crippen molar-refractivity contribution in [2.24, 2.45) is 0 Å². The zero-order valence-corrected chi connectivity index (χ0v) is 22.0. The molecule has 0 rings (SSSR count). The van der Waals surface area contributed by atoms with Crippen LogP contribution in [0.4, 0.5) is 0 Å². The molecule has 0 bridgehead atoms. The Morgan fingerprint density at radius 3 is 0.167 bits per heavy atom. The molecule has 0 aromatic carbocycles. The summed E-state index contributed by atoms with van der Waals surface area (Å²) >= 11 is 0. The molecule has 0 aliphatic heterocycles. The minimum Gasteiger partial charge on any atom is 0 e. The number of hydrogen-bond donors (Lipinski definition) is 0. The van der Waals surface area contributed by atoms with Crippen molar-refractivity contribution in [2.75, 3.05) is 0 Å². The van der Waals surface area contributed by atoms with Crippen LogP contribution < -0.4 is 0 Å². The minimum absolute atomic E-state index is 0. The van der Waals surface area contributed by atoms with E-state index in [2.05, 4.69) is 0 Å². The fourth-order valence-electron chi connectivity index (χ4n) is 0. The molecule has 0 spiro atoms. The second-order valence-corrected chi connectivity index (χ2v) is 0. The normalized spacial score (nSPS) is 0. The first-order valence-corrected chi connectivity index (χ1v) is 0. The third-order valence-corrected chi connectivity index (χ3v) is 0. The van der Waals surface area contributed by atoms with Gasteiger partial charge >= 0.3 is 0 Å². The van der Waals surface area contributed by atoms with Crippen molar-refractivity contribution in [3.05, 3.63) is 0 Å². The molecular formula is Zn6. The molecule has 0 nitrogen and oxygen atoms in total. The van der Waals surface area contributed by atoms with E-state index in [1.54, 1.807) is 0 Å². The first-order chi connectivity index (χ1) is 0. The van der Waals surface area contributed by atoms with E-state index >= 15 is 0 Å². The van der Waals surface area contributed by atoms with Crippen molar-refractivity contribution in [2.45, 2.75) is 0 Å². The first kappa shape index (κ1) is 53.2. The van der Waals surface area contributed by atoms with Crippen LogP contribution in [0.3, 0.4) is 0 Å². The average Bonchev–Trinajstić information content (AvgIpc) is 0. The van der Waals surface area contributed by atoms with Gasteiger partial charge in [-0.05, 0) is 0 Å². The molecule has 0 saturated carbocycles. The molecule has 0 radical (unpaired) electrons. The van der Waals surface area contributed by atoms with Gasteiger partial charge in [0.25, 0.3) is 0 Å². The fraction of sp³-hybridized carbons (Fsp3) is 0. The summed E-state index contributed by atoms with van der Waals surface area (Å²) in [7, 11) is 0. The maximum atomic E-state index is 0. The van der Waals surface area contributed by atoms with Crippen molar-refractivity contribution in [3.63, 3.8) is 0 Å². The molecular weight excluding hydrogens is 392 g/mol. The maximum absolute atomic E-state index is 0. The van der Waals surface area contributed by atoms with Gasteiger partial charge < -0.3 is 0 Å². The molecule has 6 heavy (non-hydrogen) atoms. The Morgan fingerprint density at radius 2 is 0.167 bits per heavy atom. The third-order valence-electron chi connectivity index (χ3n) is 0. The van der Waals surface area contributed by atoms with Crippen LogP contribution in [0.2, 0.25) is 0 Å². The zero-order valence-electron chi connectivity index (χ0n) is 4.24. The van der Waals surface area contributed by atoms with E-state index in [-0.39, 0.29) is 117 Å². The summed E-state index contributed by atoms with van der Waals surface area (Å²) in [5.74, 6) is 0. The van der Waals surface area contributed by atoms with Crippen LogP contribution in [0, 0.1) is 0 Å². The van der Waals surface area contributed by atoms with Gasteiger partial charge in [0.2, 0.25) is 0 Å². The van der Waals surface area contributed by atoms with Crippen LogP contribution in [0.5, 0.6) is 0 Å². The molecule has 12 valence electrons. The van der Waals surface area contributed by atoms with Crippen LogP contribution in [-0.4, -0.2) is 0 Å². The van der Waals surface area contributed by atoms with E-state index in [1.165, 1.54) is 0 Å². The largest absolute Gasteiger partial charge is 0 e. The monoisotopic (exact) mass is 384 g/mol. The smallest absolute Gasteiger partial charge is 0 e. The molecule has 0 aromatic rings. The second kappa shape index (κ2) is 37.4. The predicted octanol–water partition coefficient (Wildman–Crippen LogP) is -0.0150. The Bertz CT molecular complexity index is 0. The van der Waals surface area contributed by atoms with Crippen molar-refractivity contribution in [1.29, 1.82) is 0 Å². The van der Waals surface area contributed by atoms with Gasteiger partial charge in [-0.15, -0.1) is 0 Å². The summed E-state index contributed by atoms with van der Waals surface area (Å²) in [5, 5.41) is 0. The van der Waals surface area contributed by atoms with E-state index in [1.807, 2.05) is 0 Å². The van der Waals surface area contributed by atoms with Gasteiger partial charge in [-0.3, -0.25) is 0 Å². The summed E-state index contributed by atoms with van der Waals surface area (Å²) in [5.41, 5.74) is 0. The Hall–Kier alpha value is 3.74. The summed E-state index contributed by atoms with van der Waals surface area (Å²) in [6.07, 6.45) is 0. The van der Waals surface area contributed by atoms with Gasteiger partial charge in [-0.2, -0.15) is 0 Å². The van der Waals surface area contributed by atoms with E-state index in [9.17, 15) is 0 Å². The maximum Gasteiger partial charge on any atom is 0 e. The second-order valence-electron chi connectivity index (χ2n) is 0. The van der Waals surface area contributed by atoms with Crippen LogP contribution >= 0.6 is 0 Å². The summed E-state index contributed by atoms with van der Waals surface area (Å²) < 4.78 is 0. The Balaban J connectivity index is 0. The van der Waals surface area contributed by atoms with Gasteiger partial charge in [-0.25, -0.2) is 0 Å². The third kappa shape index (κ3) is 25.1. The van der Waals surface area contributed by atoms with Gasteiger partial charge in [0.05, 0.1) is 0 Å². The number of hydrogen-bond acceptors (Lipinski definition) is 0. The average molecular weight is 392 g/mol. The summed E-state index contributed by atoms with van der Waals surface area (Å²) in [6.45, 7) is 0. The molecule has 0 N–H and O–H groups in total. The van der Waals surface area contributed by atoms with Gasteiger partial charge in [0.15, 0.2) is 0 Å². The molecule has 0 atom stereocenters. The standard InChI is InChI=1S/6Zn. The quantitative estimate of drug-likeness (QED) is 0.509. The van der Waals surface area contributed by atoms with Crippen molar-refractivity contribution in [3.8, 4) is 0 Å². The molecule has 0 aliphatic carbocycles. The molecule has 0 fully saturated rings. The van der Waals surface area contributed by atoms with Crippen molar-refractivity contribution in [1.82, 2.24) is 0 Å².